The minimum absolute atomic E-state index is 0.312. The average molecular weight is 284 g/mol. The predicted octanol–water partition coefficient (Wildman–Crippen LogP) is 2.57. The van der Waals surface area contributed by atoms with Crippen molar-refractivity contribution in [1.29, 1.82) is 0 Å². The number of hydrogen-bond acceptors (Lipinski definition) is 3. The Hall–Kier alpha value is -2.49. The first kappa shape index (κ1) is 14.9. The molecule has 0 fully saturated rings. The number of amides is 1. The van der Waals surface area contributed by atoms with Gasteiger partial charge in [0.25, 0.3) is 0 Å². The molecular weight excluding hydrogens is 264 g/mol. The van der Waals surface area contributed by atoms with E-state index >= 15 is 0 Å². The third kappa shape index (κ3) is 4.53. The van der Waals surface area contributed by atoms with Crippen molar-refractivity contribution in [1.82, 2.24) is 0 Å². The quantitative estimate of drug-likeness (QED) is 0.800. The maximum absolute atomic E-state index is 10.8. The fourth-order valence-electron chi connectivity index (χ4n) is 2.12. The van der Waals surface area contributed by atoms with E-state index in [2.05, 4.69) is 6.07 Å². The second-order valence-corrected chi connectivity index (χ2v) is 5.12. The third-order valence-electron chi connectivity index (χ3n) is 3.21. The van der Waals surface area contributed by atoms with Gasteiger partial charge in [-0.2, -0.15) is 0 Å². The van der Waals surface area contributed by atoms with Gasteiger partial charge < -0.3 is 16.2 Å². The van der Waals surface area contributed by atoms with Crippen molar-refractivity contribution in [2.24, 2.45) is 5.73 Å². The highest BCUT2D eigenvalue weighted by atomic mass is 16.5. The van der Waals surface area contributed by atoms with Crippen molar-refractivity contribution < 1.29 is 9.53 Å². The molecule has 1 amide bonds. The molecule has 4 nitrogen and oxygen atoms in total. The fourth-order valence-corrected chi connectivity index (χ4v) is 2.12. The van der Waals surface area contributed by atoms with Crippen molar-refractivity contribution in [2.45, 2.75) is 26.4 Å². The van der Waals surface area contributed by atoms with E-state index in [1.54, 1.807) is 0 Å². The van der Waals surface area contributed by atoms with Gasteiger partial charge in [0, 0.05) is 6.42 Å². The van der Waals surface area contributed by atoms with Gasteiger partial charge >= 0.3 is 0 Å². The predicted molar refractivity (Wildman–Crippen MR) is 83.9 cm³/mol. The van der Waals surface area contributed by atoms with Crippen molar-refractivity contribution in [3.63, 3.8) is 0 Å². The summed E-state index contributed by atoms with van der Waals surface area (Å²) in [5.74, 6) is 0.340. The van der Waals surface area contributed by atoms with E-state index < -0.39 is 0 Å². The largest absolute Gasteiger partial charge is 0.487 e. The van der Waals surface area contributed by atoms with Gasteiger partial charge in [0.1, 0.15) is 12.4 Å². The topological polar surface area (TPSA) is 78.3 Å². The highest BCUT2D eigenvalue weighted by Crippen LogP contribution is 2.24. The smallest absolute Gasteiger partial charge is 0.217 e. The summed E-state index contributed by atoms with van der Waals surface area (Å²) in [6.45, 7) is 2.53. The van der Waals surface area contributed by atoms with Crippen LogP contribution in [0.4, 0.5) is 5.69 Å². The number of carbonyl (C=O) groups excluding carboxylic acids is 1. The van der Waals surface area contributed by atoms with Crippen LogP contribution in [0.5, 0.6) is 5.75 Å². The highest BCUT2D eigenvalue weighted by Gasteiger charge is 2.04. The molecule has 0 bridgehead atoms. The molecule has 4 N–H and O–H groups in total. The minimum atomic E-state index is -0.312. The summed E-state index contributed by atoms with van der Waals surface area (Å²) in [7, 11) is 0. The average Bonchev–Trinajstić information content (AvgIpc) is 2.44. The summed E-state index contributed by atoms with van der Waals surface area (Å²) in [6, 6.07) is 13.7. The number of nitrogen functional groups attached to an aromatic ring is 1. The van der Waals surface area contributed by atoms with Gasteiger partial charge in [-0.25, -0.2) is 0 Å². The maximum atomic E-state index is 10.8. The van der Waals surface area contributed by atoms with Gasteiger partial charge in [-0.05, 0) is 36.6 Å². The molecule has 4 heteroatoms. The van der Waals surface area contributed by atoms with Crippen LogP contribution >= 0.6 is 0 Å². The first-order valence-electron chi connectivity index (χ1n) is 6.89. The van der Waals surface area contributed by atoms with Crippen molar-refractivity contribution in [2.75, 3.05) is 5.73 Å². The van der Waals surface area contributed by atoms with Crippen molar-refractivity contribution in [3.05, 3.63) is 59.2 Å². The Kier molecular flexibility index (Phi) is 4.82. The molecule has 2 aromatic rings. The molecule has 0 saturated carbocycles. The van der Waals surface area contributed by atoms with E-state index in [9.17, 15) is 4.79 Å². The summed E-state index contributed by atoms with van der Waals surface area (Å²) < 4.78 is 5.74. The molecule has 2 rings (SSSR count). The Morgan fingerprint density at radius 2 is 1.95 bits per heavy atom. The van der Waals surface area contributed by atoms with Crippen LogP contribution in [-0.2, 0) is 17.8 Å². The van der Waals surface area contributed by atoms with Crippen LogP contribution in [0.3, 0.4) is 0 Å². The first-order chi connectivity index (χ1) is 10.0. The molecule has 0 aliphatic rings. The van der Waals surface area contributed by atoms with Gasteiger partial charge in [0.15, 0.2) is 0 Å². The normalized spacial score (nSPS) is 10.3. The number of aryl methyl sites for hydroxylation is 2. The Labute approximate surface area is 124 Å². The first-order valence-corrected chi connectivity index (χ1v) is 6.89. The zero-order chi connectivity index (χ0) is 15.2. The zero-order valence-corrected chi connectivity index (χ0v) is 12.1. The van der Waals surface area contributed by atoms with Gasteiger partial charge in [0.2, 0.25) is 5.91 Å². The van der Waals surface area contributed by atoms with Crippen LogP contribution in [0, 0.1) is 6.92 Å². The number of nitrogens with two attached hydrogens (primary N) is 2. The molecule has 21 heavy (non-hydrogen) atoms. The molecule has 2 aromatic carbocycles. The fraction of sp³-hybridized carbons (Fsp3) is 0.235. The number of benzene rings is 2. The van der Waals surface area contributed by atoms with E-state index in [0.717, 1.165) is 11.1 Å². The Bertz CT molecular complexity index is 638. The van der Waals surface area contributed by atoms with Crippen molar-refractivity contribution in [3.8, 4) is 5.75 Å². The third-order valence-corrected chi connectivity index (χ3v) is 3.21. The lowest BCUT2D eigenvalue weighted by molar-refractivity contribution is -0.117. The van der Waals surface area contributed by atoms with Crippen molar-refractivity contribution >= 4 is 11.6 Å². The van der Waals surface area contributed by atoms with E-state index in [0.29, 0.717) is 30.9 Å². The van der Waals surface area contributed by atoms with Crippen LogP contribution < -0.4 is 16.2 Å². The molecule has 0 unspecified atom stereocenters. The summed E-state index contributed by atoms with van der Waals surface area (Å²) in [5, 5.41) is 0. The second-order valence-electron chi connectivity index (χ2n) is 5.12. The van der Waals surface area contributed by atoms with Crippen LogP contribution in [0.25, 0.3) is 0 Å². The number of ether oxygens (including phenoxy) is 1. The summed E-state index contributed by atoms with van der Waals surface area (Å²) >= 11 is 0. The van der Waals surface area contributed by atoms with E-state index in [-0.39, 0.29) is 5.91 Å². The Morgan fingerprint density at radius 1 is 1.14 bits per heavy atom. The van der Waals surface area contributed by atoms with E-state index in [1.165, 1.54) is 5.56 Å². The van der Waals surface area contributed by atoms with Crippen LogP contribution in [0.2, 0.25) is 0 Å². The van der Waals surface area contributed by atoms with Gasteiger partial charge in [-0.3, -0.25) is 4.79 Å². The van der Waals surface area contributed by atoms with Crippen LogP contribution in [0.15, 0.2) is 42.5 Å². The Balaban J connectivity index is 1.99. The molecule has 0 atom stereocenters. The lowest BCUT2D eigenvalue weighted by Crippen LogP contribution is -2.11. The number of hydrogen-bond donors (Lipinski definition) is 2. The SMILES string of the molecule is Cc1cccc(COc2ccc(CCC(N)=O)cc2N)c1. The van der Waals surface area contributed by atoms with Gasteiger partial charge in [-0.15, -0.1) is 0 Å². The standard InChI is InChI=1S/C17H20N2O2/c1-12-3-2-4-14(9-12)11-21-16-7-5-13(10-15(16)18)6-8-17(19)20/h2-5,7,9-10H,6,8,11,18H2,1H3,(H2,19,20). The van der Waals surface area contributed by atoms with E-state index in [4.69, 9.17) is 16.2 Å². The summed E-state index contributed by atoms with van der Waals surface area (Å²) in [5.41, 5.74) is 15.0. The number of anilines is 1. The molecule has 0 heterocycles. The number of primary amides is 1. The lowest BCUT2D eigenvalue weighted by Gasteiger charge is -2.11. The van der Waals surface area contributed by atoms with Gasteiger partial charge in [-0.1, -0.05) is 35.9 Å². The Morgan fingerprint density at radius 3 is 2.62 bits per heavy atom. The summed E-state index contributed by atoms with van der Waals surface area (Å²) in [4.78, 5) is 10.8. The maximum Gasteiger partial charge on any atom is 0.217 e. The second kappa shape index (κ2) is 6.79. The van der Waals surface area contributed by atoms with Crippen LogP contribution in [-0.4, -0.2) is 5.91 Å². The monoisotopic (exact) mass is 284 g/mol. The number of rotatable bonds is 6. The molecule has 0 aromatic heterocycles. The van der Waals surface area contributed by atoms with E-state index in [1.807, 2.05) is 43.3 Å². The van der Waals surface area contributed by atoms with Crippen LogP contribution in [0.1, 0.15) is 23.1 Å². The highest BCUT2D eigenvalue weighted by molar-refractivity contribution is 5.74. The molecule has 0 radical (unpaired) electrons. The molecule has 110 valence electrons. The lowest BCUT2D eigenvalue weighted by atomic mass is 10.1. The molecule has 0 spiro atoms. The van der Waals surface area contributed by atoms with Gasteiger partial charge in [0.05, 0.1) is 5.69 Å². The summed E-state index contributed by atoms with van der Waals surface area (Å²) in [6.07, 6.45) is 0.917. The molecule has 0 saturated heterocycles. The minimum Gasteiger partial charge on any atom is -0.487 e. The molecule has 0 aliphatic heterocycles. The zero-order valence-electron chi connectivity index (χ0n) is 12.1. The molecule has 0 aliphatic carbocycles. The molecular formula is C17H20N2O2. The number of carbonyl (C=O) groups is 1.